The highest BCUT2D eigenvalue weighted by atomic mass is 16.2. The van der Waals surface area contributed by atoms with Crippen LogP contribution in [0.3, 0.4) is 0 Å². The van der Waals surface area contributed by atoms with Crippen molar-refractivity contribution in [2.75, 3.05) is 19.6 Å². The first kappa shape index (κ1) is 15.5. The minimum Gasteiger partial charge on any atom is -0.339 e. The molecule has 0 aromatic rings. The van der Waals surface area contributed by atoms with Crippen LogP contribution in [0.4, 0.5) is 0 Å². The summed E-state index contributed by atoms with van der Waals surface area (Å²) in [5, 5.41) is 0. The zero-order valence-corrected chi connectivity index (χ0v) is 13.8. The second-order valence-corrected chi connectivity index (χ2v) is 6.85. The number of carbonyl (C=O) groups is 2. The van der Waals surface area contributed by atoms with E-state index in [1.807, 2.05) is 16.7 Å². The van der Waals surface area contributed by atoms with Gasteiger partial charge in [0.25, 0.3) is 5.91 Å². The highest BCUT2D eigenvalue weighted by Crippen LogP contribution is 2.37. The lowest BCUT2D eigenvalue weighted by Crippen LogP contribution is -2.55. The number of likely N-dealkylation sites (tertiary alicyclic amines) is 1. The summed E-state index contributed by atoms with van der Waals surface area (Å²) in [5.74, 6) is 1.52. The Balaban J connectivity index is 1.79. The summed E-state index contributed by atoms with van der Waals surface area (Å²) in [4.78, 5) is 33.9. The van der Waals surface area contributed by atoms with E-state index in [9.17, 15) is 9.59 Å². The molecule has 1 spiro atoms. The summed E-state index contributed by atoms with van der Waals surface area (Å²) < 4.78 is 0. The predicted molar refractivity (Wildman–Crippen MR) is 85.6 cm³/mol. The van der Waals surface area contributed by atoms with Crippen molar-refractivity contribution < 1.29 is 9.59 Å². The molecule has 1 unspecified atom stereocenters. The van der Waals surface area contributed by atoms with Crippen LogP contribution in [0, 0.1) is 5.92 Å². The van der Waals surface area contributed by atoms with Gasteiger partial charge in [-0.05, 0) is 39.0 Å². The van der Waals surface area contributed by atoms with Gasteiger partial charge in [-0.1, -0.05) is 13.3 Å². The first-order valence-corrected chi connectivity index (χ1v) is 8.81. The molecule has 1 aliphatic carbocycles. The molecule has 0 aromatic carbocycles. The average Bonchev–Trinajstić information content (AvgIpc) is 3.34. The molecule has 122 valence electrons. The summed E-state index contributed by atoms with van der Waals surface area (Å²) in [6.07, 6.45) is 6.73. The summed E-state index contributed by atoms with van der Waals surface area (Å²) in [6, 6.07) is 0. The molecule has 2 fully saturated rings. The quantitative estimate of drug-likeness (QED) is 0.782. The molecule has 0 bridgehead atoms. The smallest absolute Gasteiger partial charge is 0.257 e. The fourth-order valence-electron chi connectivity index (χ4n) is 3.65. The number of amidine groups is 1. The summed E-state index contributed by atoms with van der Waals surface area (Å²) >= 11 is 0. The van der Waals surface area contributed by atoms with Crippen LogP contribution < -0.4 is 0 Å². The SMILES string of the molecule is CCCCC1=NC2(CCCN(C(=O)C3CC3)C2)C(=O)N1CC. The number of nitrogens with zero attached hydrogens (tertiary/aromatic N) is 3. The molecule has 22 heavy (non-hydrogen) atoms. The normalized spacial score (nSPS) is 28.5. The third-order valence-electron chi connectivity index (χ3n) is 5.08. The lowest BCUT2D eigenvalue weighted by Gasteiger charge is -2.37. The predicted octanol–water partition coefficient (Wildman–Crippen LogP) is 2.21. The van der Waals surface area contributed by atoms with Gasteiger partial charge in [-0.15, -0.1) is 0 Å². The Morgan fingerprint density at radius 3 is 2.77 bits per heavy atom. The van der Waals surface area contributed by atoms with Gasteiger partial charge in [-0.2, -0.15) is 0 Å². The topological polar surface area (TPSA) is 53.0 Å². The molecule has 2 aliphatic heterocycles. The van der Waals surface area contributed by atoms with E-state index in [-0.39, 0.29) is 17.7 Å². The Hall–Kier alpha value is -1.39. The van der Waals surface area contributed by atoms with Gasteiger partial charge in [0.2, 0.25) is 5.91 Å². The molecule has 2 heterocycles. The van der Waals surface area contributed by atoms with Crippen molar-refractivity contribution >= 4 is 17.6 Å². The third-order valence-corrected chi connectivity index (χ3v) is 5.08. The maximum atomic E-state index is 12.9. The van der Waals surface area contributed by atoms with Crippen molar-refractivity contribution in [3.63, 3.8) is 0 Å². The molecule has 0 radical (unpaired) electrons. The lowest BCUT2D eigenvalue weighted by atomic mass is 9.89. The number of unbranched alkanes of at least 4 members (excludes halogenated alkanes) is 1. The van der Waals surface area contributed by atoms with Crippen LogP contribution in [0.5, 0.6) is 0 Å². The number of rotatable bonds is 5. The van der Waals surface area contributed by atoms with Crippen LogP contribution in [0.1, 0.15) is 58.8 Å². The lowest BCUT2D eigenvalue weighted by molar-refractivity contribution is -0.139. The minimum atomic E-state index is -0.679. The van der Waals surface area contributed by atoms with Crippen molar-refractivity contribution in [1.82, 2.24) is 9.80 Å². The Labute approximate surface area is 132 Å². The van der Waals surface area contributed by atoms with Gasteiger partial charge in [0, 0.05) is 25.4 Å². The van der Waals surface area contributed by atoms with Gasteiger partial charge >= 0.3 is 0 Å². The van der Waals surface area contributed by atoms with E-state index >= 15 is 0 Å². The number of hydrogen-bond donors (Lipinski definition) is 0. The van der Waals surface area contributed by atoms with Gasteiger partial charge in [0.1, 0.15) is 5.84 Å². The van der Waals surface area contributed by atoms with Gasteiger partial charge in [-0.25, -0.2) is 0 Å². The number of piperidine rings is 1. The van der Waals surface area contributed by atoms with Crippen molar-refractivity contribution in [2.45, 2.75) is 64.3 Å². The molecule has 5 heteroatoms. The Morgan fingerprint density at radius 1 is 1.36 bits per heavy atom. The summed E-state index contributed by atoms with van der Waals surface area (Å²) in [7, 11) is 0. The van der Waals surface area contributed by atoms with Crippen LogP contribution in [-0.4, -0.2) is 52.6 Å². The zero-order valence-electron chi connectivity index (χ0n) is 13.8. The second kappa shape index (κ2) is 6.01. The van der Waals surface area contributed by atoms with Crippen LogP contribution in [0.15, 0.2) is 4.99 Å². The highest BCUT2D eigenvalue weighted by molar-refractivity contribution is 6.08. The molecule has 2 amide bonds. The largest absolute Gasteiger partial charge is 0.339 e. The van der Waals surface area contributed by atoms with E-state index < -0.39 is 5.54 Å². The molecule has 1 saturated carbocycles. The monoisotopic (exact) mass is 305 g/mol. The molecule has 1 saturated heterocycles. The van der Waals surface area contributed by atoms with E-state index in [0.29, 0.717) is 13.1 Å². The Bertz CT molecular complexity index is 498. The Morgan fingerprint density at radius 2 is 2.14 bits per heavy atom. The van der Waals surface area contributed by atoms with E-state index in [0.717, 1.165) is 57.3 Å². The minimum absolute atomic E-state index is 0.120. The van der Waals surface area contributed by atoms with Crippen LogP contribution in [0.25, 0.3) is 0 Å². The molecular formula is C17H27N3O2. The maximum absolute atomic E-state index is 12.9. The van der Waals surface area contributed by atoms with E-state index in [1.165, 1.54) is 0 Å². The molecule has 0 N–H and O–H groups in total. The van der Waals surface area contributed by atoms with E-state index in [2.05, 4.69) is 6.92 Å². The van der Waals surface area contributed by atoms with Crippen molar-refractivity contribution in [3.8, 4) is 0 Å². The fraction of sp³-hybridized carbons (Fsp3) is 0.824. The second-order valence-electron chi connectivity index (χ2n) is 6.85. The van der Waals surface area contributed by atoms with E-state index in [4.69, 9.17) is 4.99 Å². The van der Waals surface area contributed by atoms with Crippen molar-refractivity contribution in [1.29, 1.82) is 0 Å². The van der Waals surface area contributed by atoms with Gasteiger partial charge in [-0.3, -0.25) is 19.5 Å². The number of hydrogen-bond acceptors (Lipinski definition) is 3. The first-order chi connectivity index (χ1) is 10.6. The highest BCUT2D eigenvalue weighted by Gasteiger charge is 2.51. The van der Waals surface area contributed by atoms with Crippen molar-refractivity contribution in [3.05, 3.63) is 0 Å². The fourth-order valence-corrected chi connectivity index (χ4v) is 3.65. The van der Waals surface area contributed by atoms with Gasteiger partial charge < -0.3 is 4.90 Å². The van der Waals surface area contributed by atoms with Gasteiger partial charge in [0.05, 0.1) is 6.54 Å². The summed E-state index contributed by atoms with van der Waals surface area (Å²) in [6.45, 7) is 6.12. The standard InChI is InChI=1S/C17H27N3O2/c1-3-5-7-14-18-17(16(22)20(14)4-2)10-6-11-19(12-17)15(21)13-8-9-13/h13H,3-12H2,1-2H3. The average molecular weight is 305 g/mol. The summed E-state index contributed by atoms with van der Waals surface area (Å²) in [5.41, 5.74) is -0.679. The van der Waals surface area contributed by atoms with Crippen LogP contribution in [0.2, 0.25) is 0 Å². The molecule has 1 atom stereocenters. The molecule has 5 nitrogen and oxygen atoms in total. The van der Waals surface area contributed by atoms with Crippen molar-refractivity contribution in [2.24, 2.45) is 10.9 Å². The molecule has 0 aromatic heterocycles. The Kier molecular flexibility index (Phi) is 4.24. The number of likely N-dealkylation sites (N-methyl/N-ethyl adjacent to an activating group) is 1. The number of aliphatic imine (C=N–C) groups is 1. The maximum Gasteiger partial charge on any atom is 0.257 e. The first-order valence-electron chi connectivity index (χ1n) is 8.81. The zero-order chi connectivity index (χ0) is 15.7. The van der Waals surface area contributed by atoms with Crippen LogP contribution >= 0.6 is 0 Å². The third kappa shape index (κ3) is 2.66. The molecular weight excluding hydrogens is 278 g/mol. The molecule has 3 aliphatic rings. The van der Waals surface area contributed by atoms with Gasteiger partial charge in [0.15, 0.2) is 5.54 Å². The van der Waals surface area contributed by atoms with E-state index in [1.54, 1.807) is 0 Å². The molecule has 3 rings (SSSR count). The number of carbonyl (C=O) groups excluding carboxylic acids is 2. The van der Waals surface area contributed by atoms with Crippen LogP contribution in [-0.2, 0) is 9.59 Å². The number of amides is 2.